The van der Waals surface area contributed by atoms with E-state index in [4.69, 9.17) is 16.5 Å². The lowest BCUT2D eigenvalue weighted by Crippen LogP contribution is -2.31. The van der Waals surface area contributed by atoms with Gasteiger partial charge in [-0.15, -0.1) is 0 Å². The molecule has 0 unspecified atom stereocenters. The standard InChI is InChI=1S/C22H23N5O/c1-14-5-8-25-22(24)21(14)17-4-2-3-16-12-20(26-13-18(16)17)27-9-6-15(7-10-27)11-19(23)28/h2-5,8,11-13H,6-7,9-10H2,1H3,(H2,23,28)(H2,24,25). The number of aryl methyl sites for hydroxylation is 1. The number of carbonyl (C=O) groups excluding carboxylic acids is 1. The Labute approximate surface area is 163 Å². The maximum Gasteiger partial charge on any atom is 0.241 e. The van der Waals surface area contributed by atoms with Gasteiger partial charge >= 0.3 is 0 Å². The number of aromatic nitrogens is 2. The van der Waals surface area contributed by atoms with Crippen molar-refractivity contribution in [2.45, 2.75) is 19.8 Å². The number of anilines is 2. The largest absolute Gasteiger partial charge is 0.383 e. The van der Waals surface area contributed by atoms with Crippen LogP contribution in [-0.4, -0.2) is 29.0 Å². The van der Waals surface area contributed by atoms with E-state index in [2.05, 4.69) is 28.1 Å². The van der Waals surface area contributed by atoms with Gasteiger partial charge in [0.2, 0.25) is 5.91 Å². The first kappa shape index (κ1) is 18.0. The van der Waals surface area contributed by atoms with E-state index in [0.29, 0.717) is 5.82 Å². The van der Waals surface area contributed by atoms with Gasteiger partial charge < -0.3 is 16.4 Å². The number of pyridine rings is 2. The molecule has 28 heavy (non-hydrogen) atoms. The van der Waals surface area contributed by atoms with Crippen LogP contribution >= 0.6 is 0 Å². The number of fused-ring (bicyclic) bond motifs is 1. The highest BCUT2D eigenvalue weighted by molar-refractivity contribution is 6.00. The van der Waals surface area contributed by atoms with Gasteiger partial charge in [0.1, 0.15) is 11.6 Å². The van der Waals surface area contributed by atoms with Gasteiger partial charge in [0, 0.05) is 42.5 Å². The first-order valence-electron chi connectivity index (χ1n) is 9.37. The van der Waals surface area contributed by atoms with Gasteiger partial charge in [0.15, 0.2) is 0 Å². The maximum absolute atomic E-state index is 11.1. The Kier molecular flexibility index (Phi) is 4.69. The predicted octanol–water partition coefficient (Wildman–Crippen LogP) is 3.20. The van der Waals surface area contributed by atoms with E-state index in [1.165, 1.54) is 0 Å². The number of primary amides is 1. The molecule has 4 N–H and O–H groups in total. The quantitative estimate of drug-likeness (QED) is 0.687. The van der Waals surface area contributed by atoms with Crippen LogP contribution in [0.5, 0.6) is 0 Å². The van der Waals surface area contributed by atoms with Crippen molar-refractivity contribution in [3.8, 4) is 11.1 Å². The van der Waals surface area contributed by atoms with Crippen molar-refractivity contribution in [1.29, 1.82) is 0 Å². The second-order valence-corrected chi connectivity index (χ2v) is 7.15. The highest BCUT2D eigenvalue weighted by Crippen LogP contribution is 2.34. The summed E-state index contributed by atoms with van der Waals surface area (Å²) in [7, 11) is 0. The number of nitrogens with two attached hydrogens (primary N) is 2. The minimum atomic E-state index is -0.371. The fourth-order valence-corrected chi connectivity index (χ4v) is 3.85. The van der Waals surface area contributed by atoms with E-state index in [9.17, 15) is 4.79 Å². The van der Waals surface area contributed by atoms with Crippen molar-refractivity contribution < 1.29 is 4.79 Å². The smallest absolute Gasteiger partial charge is 0.241 e. The summed E-state index contributed by atoms with van der Waals surface area (Å²) in [6, 6.07) is 10.3. The molecule has 3 aromatic rings. The number of nitrogen functional groups attached to an aromatic ring is 1. The third-order valence-electron chi connectivity index (χ3n) is 5.28. The third-order valence-corrected chi connectivity index (χ3v) is 5.28. The molecule has 1 amide bonds. The summed E-state index contributed by atoms with van der Waals surface area (Å²) in [5.74, 6) is 1.10. The van der Waals surface area contributed by atoms with Gasteiger partial charge in [-0.1, -0.05) is 23.8 Å². The SMILES string of the molecule is Cc1ccnc(N)c1-c1cccc2cc(N3CCC(=CC(N)=O)CC3)ncc12. The molecule has 1 aliphatic rings. The van der Waals surface area contributed by atoms with Crippen molar-refractivity contribution in [3.63, 3.8) is 0 Å². The molecular formula is C22H23N5O. The van der Waals surface area contributed by atoms with Crippen LogP contribution in [0.25, 0.3) is 21.9 Å². The highest BCUT2D eigenvalue weighted by atomic mass is 16.1. The predicted molar refractivity (Wildman–Crippen MR) is 113 cm³/mol. The number of hydrogen-bond acceptors (Lipinski definition) is 5. The molecular weight excluding hydrogens is 350 g/mol. The van der Waals surface area contributed by atoms with Crippen LogP contribution in [0.15, 0.2) is 54.4 Å². The van der Waals surface area contributed by atoms with Crippen LogP contribution in [0.2, 0.25) is 0 Å². The molecule has 0 saturated carbocycles. The van der Waals surface area contributed by atoms with Gasteiger partial charge in [-0.3, -0.25) is 4.79 Å². The number of hydrogen-bond donors (Lipinski definition) is 2. The van der Waals surface area contributed by atoms with E-state index in [1.807, 2.05) is 25.3 Å². The zero-order chi connectivity index (χ0) is 19.7. The average Bonchev–Trinajstić information content (AvgIpc) is 2.68. The number of benzene rings is 1. The van der Waals surface area contributed by atoms with E-state index in [1.54, 1.807) is 12.3 Å². The van der Waals surface area contributed by atoms with E-state index >= 15 is 0 Å². The molecule has 1 fully saturated rings. The van der Waals surface area contributed by atoms with Gasteiger partial charge in [-0.05, 0) is 48.4 Å². The number of piperidine rings is 1. The molecule has 6 nitrogen and oxygen atoms in total. The zero-order valence-corrected chi connectivity index (χ0v) is 15.9. The van der Waals surface area contributed by atoms with Crippen LogP contribution in [-0.2, 0) is 4.79 Å². The molecule has 2 aromatic heterocycles. The van der Waals surface area contributed by atoms with E-state index in [0.717, 1.165) is 64.8 Å². The summed E-state index contributed by atoms with van der Waals surface area (Å²) in [5, 5.41) is 2.17. The van der Waals surface area contributed by atoms with Crippen LogP contribution in [0.1, 0.15) is 18.4 Å². The fraction of sp³-hybridized carbons (Fsp3) is 0.227. The molecule has 1 aliphatic heterocycles. The molecule has 3 heterocycles. The van der Waals surface area contributed by atoms with Crippen molar-refractivity contribution >= 4 is 28.3 Å². The summed E-state index contributed by atoms with van der Waals surface area (Å²) >= 11 is 0. The molecule has 0 aliphatic carbocycles. The van der Waals surface area contributed by atoms with E-state index in [-0.39, 0.29) is 5.91 Å². The van der Waals surface area contributed by atoms with Crippen LogP contribution in [0.4, 0.5) is 11.6 Å². The first-order chi connectivity index (χ1) is 13.5. The number of amides is 1. The molecule has 6 heteroatoms. The zero-order valence-electron chi connectivity index (χ0n) is 15.9. The van der Waals surface area contributed by atoms with E-state index < -0.39 is 0 Å². The molecule has 0 radical (unpaired) electrons. The lowest BCUT2D eigenvalue weighted by atomic mass is 9.96. The Morgan fingerprint density at radius 2 is 1.96 bits per heavy atom. The maximum atomic E-state index is 11.1. The van der Waals surface area contributed by atoms with Crippen molar-refractivity contribution in [2.24, 2.45) is 5.73 Å². The number of carbonyl (C=O) groups is 1. The normalized spacial score (nSPS) is 14.3. The summed E-state index contributed by atoms with van der Waals surface area (Å²) in [6.07, 6.45) is 6.86. The van der Waals surface area contributed by atoms with Crippen LogP contribution in [0.3, 0.4) is 0 Å². The fourth-order valence-electron chi connectivity index (χ4n) is 3.85. The Morgan fingerprint density at radius 1 is 1.18 bits per heavy atom. The van der Waals surface area contributed by atoms with Gasteiger partial charge in [0.25, 0.3) is 0 Å². The summed E-state index contributed by atoms with van der Waals surface area (Å²) in [5.41, 5.74) is 15.6. The van der Waals surface area contributed by atoms with Crippen molar-refractivity contribution in [1.82, 2.24) is 9.97 Å². The summed E-state index contributed by atoms with van der Waals surface area (Å²) in [6.45, 7) is 3.69. The highest BCUT2D eigenvalue weighted by Gasteiger charge is 2.17. The Hall–Kier alpha value is -3.41. The monoisotopic (exact) mass is 373 g/mol. The molecule has 0 atom stereocenters. The molecule has 4 rings (SSSR count). The molecule has 0 spiro atoms. The molecule has 1 saturated heterocycles. The van der Waals surface area contributed by atoms with Crippen molar-refractivity contribution in [3.05, 3.63) is 59.9 Å². The number of rotatable bonds is 3. The molecule has 142 valence electrons. The second-order valence-electron chi connectivity index (χ2n) is 7.15. The summed E-state index contributed by atoms with van der Waals surface area (Å²) in [4.78, 5) is 22.3. The van der Waals surface area contributed by atoms with Crippen molar-refractivity contribution in [2.75, 3.05) is 23.7 Å². The lowest BCUT2D eigenvalue weighted by molar-refractivity contribution is -0.113. The Bertz CT molecular complexity index is 1060. The Balaban J connectivity index is 1.68. The average molecular weight is 373 g/mol. The third kappa shape index (κ3) is 3.41. The topological polar surface area (TPSA) is 98.1 Å². The minimum absolute atomic E-state index is 0.371. The lowest BCUT2D eigenvalue weighted by Gasteiger charge is -2.29. The Morgan fingerprint density at radius 3 is 2.68 bits per heavy atom. The summed E-state index contributed by atoms with van der Waals surface area (Å²) < 4.78 is 0. The first-order valence-corrected chi connectivity index (χ1v) is 9.37. The van der Waals surface area contributed by atoms with Gasteiger partial charge in [-0.25, -0.2) is 9.97 Å². The van der Waals surface area contributed by atoms with Gasteiger partial charge in [-0.2, -0.15) is 0 Å². The van der Waals surface area contributed by atoms with Crippen LogP contribution in [0, 0.1) is 6.92 Å². The minimum Gasteiger partial charge on any atom is -0.383 e. The molecule has 1 aromatic carbocycles. The second kappa shape index (κ2) is 7.31. The number of nitrogens with zero attached hydrogens (tertiary/aromatic N) is 3. The van der Waals surface area contributed by atoms with Gasteiger partial charge in [0.05, 0.1) is 0 Å². The van der Waals surface area contributed by atoms with Crippen LogP contribution < -0.4 is 16.4 Å². The molecule has 0 bridgehead atoms.